The van der Waals surface area contributed by atoms with Gasteiger partial charge in [0.15, 0.2) is 5.13 Å². The highest BCUT2D eigenvalue weighted by molar-refractivity contribution is 7.22. The third kappa shape index (κ3) is 4.94. The van der Waals surface area contributed by atoms with Crippen LogP contribution >= 0.6 is 22.9 Å². The van der Waals surface area contributed by atoms with E-state index in [1.807, 2.05) is 13.0 Å². The molecule has 10 heteroatoms. The Balaban J connectivity index is 1.25. The number of amides is 2. The molecule has 184 valence electrons. The molecule has 0 spiro atoms. The number of fused-ring (bicyclic) bond motifs is 1. The summed E-state index contributed by atoms with van der Waals surface area (Å²) in [5.74, 6) is -0.991. The van der Waals surface area contributed by atoms with E-state index >= 15 is 0 Å². The standard InChI is InChI=1S/C26H19ClF3N3O2S/c1-13-3-2-4-19(27)22(13)32-23(34)15-7-10-20-21(11-15)36-25(31-20)33-24(35)18-12-17(18)14-5-8-16(9-6-14)26(28,29)30/h2-11,17-18H,12H2,1H3,(H,32,34)(H,31,33,35)/t17-,18?/m0/s1. The Bertz CT molecular complexity index is 1460. The molecular weight excluding hydrogens is 511 g/mol. The van der Waals surface area contributed by atoms with E-state index in [9.17, 15) is 22.8 Å². The molecule has 2 atom stereocenters. The van der Waals surface area contributed by atoms with Crippen LogP contribution in [0.1, 0.15) is 39.4 Å². The number of anilines is 2. The number of hydrogen-bond acceptors (Lipinski definition) is 4. The Hall–Kier alpha value is -3.43. The second-order valence-corrected chi connectivity index (χ2v) is 10.1. The lowest BCUT2D eigenvalue weighted by atomic mass is 10.1. The number of rotatable bonds is 5. The van der Waals surface area contributed by atoms with Crippen molar-refractivity contribution in [3.05, 3.63) is 87.9 Å². The van der Waals surface area contributed by atoms with Gasteiger partial charge < -0.3 is 10.6 Å². The molecule has 0 aliphatic heterocycles. The summed E-state index contributed by atoms with van der Waals surface area (Å²) in [6.45, 7) is 1.85. The molecule has 1 aliphatic rings. The number of alkyl halides is 3. The van der Waals surface area contributed by atoms with E-state index in [2.05, 4.69) is 15.6 Å². The molecule has 0 saturated heterocycles. The number of para-hydroxylation sites is 1. The van der Waals surface area contributed by atoms with Gasteiger partial charge >= 0.3 is 6.18 Å². The van der Waals surface area contributed by atoms with Gasteiger partial charge in [-0.25, -0.2) is 4.98 Å². The van der Waals surface area contributed by atoms with Crippen molar-refractivity contribution in [2.45, 2.75) is 25.4 Å². The third-order valence-electron chi connectivity index (χ3n) is 6.13. The molecule has 36 heavy (non-hydrogen) atoms. The maximum Gasteiger partial charge on any atom is 0.416 e. The number of carbonyl (C=O) groups excluding carboxylic acids is 2. The van der Waals surface area contributed by atoms with Crippen LogP contribution in [0, 0.1) is 12.8 Å². The van der Waals surface area contributed by atoms with Crippen molar-refractivity contribution in [1.29, 1.82) is 0 Å². The molecule has 1 fully saturated rings. The van der Waals surface area contributed by atoms with Crippen molar-refractivity contribution < 1.29 is 22.8 Å². The van der Waals surface area contributed by atoms with Gasteiger partial charge in [-0.15, -0.1) is 0 Å². The van der Waals surface area contributed by atoms with Crippen molar-refractivity contribution in [3.63, 3.8) is 0 Å². The first-order valence-corrected chi connectivity index (χ1v) is 12.2. The van der Waals surface area contributed by atoms with E-state index in [4.69, 9.17) is 11.6 Å². The molecule has 0 radical (unpaired) electrons. The zero-order valence-corrected chi connectivity index (χ0v) is 20.4. The Morgan fingerprint density at radius 2 is 1.81 bits per heavy atom. The molecule has 1 heterocycles. The fraction of sp³-hybridized carbons (Fsp3) is 0.192. The highest BCUT2D eigenvalue weighted by atomic mass is 35.5. The number of hydrogen-bond donors (Lipinski definition) is 2. The van der Waals surface area contributed by atoms with Crippen LogP contribution in [0.3, 0.4) is 0 Å². The summed E-state index contributed by atoms with van der Waals surface area (Å²) >= 11 is 7.45. The molecule has 2 N–H and O–H groups in total. The van der Waals surface area contributed by atoms with Crippen molar-refractivity contribution in [2.24, 2.45) is 5.92 Å². The van der Waals surface area contributed by atoms with Crippen LogP contribution in [0.2, 0.25) is 5.02 Å². The molecule has 3 aromatic carbocycles. The first-order chi connectivity index (χ1) is 17.1. The highest BCUT2D eigenvalue weighted by Crippen LogP contribution is 2.48. The summed E-state index contributed by atoms with van der Waals surface area (Å²) in [5, 5.41) is 6.48. The van der Waals surface area contributed by atoms with E-state index in [0.717, 1.165) is 22.4 Å². The molecule has 0 bridgehead atoms. The first-order valence-electron chi connectivity index (χ1n) is 11.1. The Morgan fingerprint density at radius 3 is 2.50 bits per heavy atom. The lowest BCUT2D eigenvalue weighted by Gasteiger charge is -2.10. The second kappa shape index (κ2) is 9.22. The van der Waals surface area contributed by atoms with E-state index in [-0.39, 0.29) is 23.7 Å². The molecule has 1 aliphatic carbocycles. The van der Waals surface area contributed by atoms with Gasteiger partial charge in [0.2, 0.25) is 5.91 Å². The quantitative estimate of drug-likeness (QED) is 0.285. The maximum absolute atomic E-state index is 12.8. The van der Waals surface area contributed by atoms with Crippen LogP contribution in [0.15, 0.2) is 60.7 Å². The SMILES string of the molecule is Cc1cccc(Cl)c1NC(=O)c1ccc2nc(NC(=O)C3C[C@H]3c3ccc(C(F)(F)F)cc3)sc2c1. The van der Waals surface area contributed by atoms with Gasteiger partial charge in [-0.3, -0.25) is 9.59 Å². The van der Waals surface area contributed by atoms with E-state index in [1.54, 1.807) is 30.3 Å². The highest BCUT2D eigenvalue weighted by Gasteiger charge is 2.44. The first kappa shape index (κ1) is 24.3. The summed E-state index contributed by atoms with van der Waals surface area (Å²) in [7, 11) is 0. The molecule has 1 aromatic heterocycles. The van der Waals surface area contributed by atoms with E-state index in [0.29, 0.717) is 38.9 Å². The number of benzene rings is 3. The van der Waals surface area contributed by atoms with Crippen LogP contribution in [0.4, 0.5) is 24.0 Å². The summed E-state index contributed by atoms with van der Waals surface area (Å²) in [6, 6.07) is 15.3. The normalized spacial score (nSPS) is 17.1. The minimum absolute atomic E-state index is 0.120. The van der Waals surface area contributed by atoms with Crippen molar-refractivity contribution in [3.8, 4) is 0 Å². The summed E-state index contributed by atoms with van der Waals surface area (Å²) in [4.78, 5) is 29.9. The van der Waals surface area contributed by atoms with Crippen LogP contribution in [0.5, 0.6) is 0 Å². The predicted molar refractivity (Wildman–Crippen MR) is 135 cm³/mol. The zero-order valence-electron chi connectivity index (χ0n) is 18.8. The maximum atomic E-state index is 12.8. The lowest BCUT2D eigenvalue weighted by Crippen LogP contribution is -2.14. The van der Waals surface area contributed by atoms with Crippen LogP contribution in [0.25, 0.3) is 10.2 Å². The fourth-order valence-corrected chi connectivity index (χ4v) is 5.24. The number of nitrogens with one attached hydrogen (secondary N) is 2. The fourth-order valence-electron chi connectivity index (χ4n) is 4.07. The summed E-state index contributed by atoms with van der Waals surface area (Å²) in [5.41, 5.74) is 2.45. The van der Waals surface area contributed by atoms with Crippen LogP contribution in [-0.4, -0.2) is 16.8 Å². The van der Waals surface area contributed by atoms with Gasteiger partial charge in [-0.05, 0) is 66.8 Å². The molecule has 4 aromatic rings. The number of aryl methyl sites for hydroxylation is 1. The smallest absolute Gasteiger partial charge is 0.320 e. The summed E-state index contributed by atoms with van der Waals surface area (Å²) < 4.78 is 39.0. The largest absolute Gasteiger partial charge is 0.416 e. The van der Waals surface area contributed by atoms with Gasteiger partial charge in [0, 0.05) is 11.5 Å². The van der Waals surface area contributed by atoms with Crippen LogP contribution < -0.4 is 10.6 Å². The minimum Gasteiger partial charge on any atom is -0.320 e. The predicted octanol–water partition coefficient (Wildman–Crippen LogP) is 7.27. The minimum atomic E-state index is -4.39. The Morgan fingerprint density at radius 1 is 1.06 bits per heavy atom. The Labute approximate surface area is 213 Å². The molecule has 1 unspecified atom stereocenters. The van der Waals surface area contributed by atoms with Crippen LogP contribution in [-0.2, 0) is 11.0 Å². The number of aromatic nitrogens is 1. The molecule has 2 amide bonds. The van der Waals surface area contributed by atoms with Gasteiger partial charge in [0.25, 0.3) is 5.91 Å². The van der Waals surface area contributed by atoms with E-state index in [1.165, 1.54) is 23.5 Å². The van der Waals surface area contributed by atoms with Crippen molar-refractivity contribution in [2.75, 3.05) is 10.6 Å². The third-order valence-corrected chi connectivity index (χ3v) is 7.38. The average molecular weight is 530 g/mol. The zero-order chi connectivity index (χ0) is 25.6. The number of nitrogens with zero attached hydrogens (tertiary/aromatic N) is 1. The lowest BCUT2D eigenvalue weighted by molar-refractivity contribution is -0.137. The molecule has 1 saturated carbocycles. The topological polar surface area (TPSA) is 71.1 Å². The molecule has 5 rings (SSSR count). The van der Waals surface area contributed by atoms with Gasteiger partial charge in [0.05, 0.1) is 26.5 Å². The second-order valence-electron chi connectivity index (χ2n) is 8.65. The Kier molecular flexibility index (Phi) is 6.22. The summed E-state index contributed by atoms with van der Waals surface area (Å²) in [6.07, 6.45) is -3.83. The number of halogens is 4. The van der Waals surface area contributed by atoms with Crippen molar-refractivity contribution in [1.82, 2.24) is 4.98 Å². The number of thiazole rings is 1. The number of carbonyl (C=O) groups is 2. The van der Waals surface area contributed by atoms with Crippen molar-refractivity contribution >= 4 is 55.8 Å². The monoisotopic (exact) mass is 529 g/mol. The van der Waals surface area contributed by atoms with Gasteiger partial charge in [0.1, 0.15) is 0 Å². The average Bonchev–Trinajstić information content (AvgIpc) is 3.54. The van der Waals surface area contributed by atoms with Gasteiger partial charge in [-0.1, -0.05) is 47.2 Å². The molecular formula is C26H19ClF3N3O2S. The molecule has 5 nitrogen and oxygen atoms in total. The van der Waals surface area contributed by atoms with Gasteiger partial charge in [-0.2, -0.15) is 13.2 Å². The van der Waals surface area contributed by atoms with E-state index < -0.39 is 11.7 Å².